The quantitative estimate of drug-likeness (QED) is 0.890. The molecule has 0 saturated carbocycles. The van der Waals surface area contributed by atoms with E-state index in [0.29, 0.717) is 38.3 Å². The molecule has 0 spiro atoms. The molecule has 7 nitrogen and oxygen atoms in total. The Bertz CT molecular complexity index is 748. The number of hydrogen-bond acceptors (Lipinski definition) is 3. The lowest BCUT2D eigenvalue weighted by Crippen LogP contribution is -2.43. The molecule has 1 aromatic heterocycles. The lowest BCUT2D eigenvalue weighted by atomic mass is 9.96. The van der Waals surface area contributed by atoms with Gasteiger partial charge in [0.1, 0.15) is 5.82 Å². The van der Waals surface area contributed by atoms with Crippen LogP contribution in [0.1, 0.15) is 24.1 Å². The highest BCUT2D eigenvalue weighted by Crippen LogP contribution is 2.19. The molecule has 0 unspecified atom stereocenters. The van der Waals surface area contributed by atoms with Crippen molar-refractivity contribution < 1.29 is 9.59 Å². The van der Waals surface area contributed by atoms with Gasteiger partial charge in [-0.1, -0.05) is 30.3 Å². The zero-order valence-corrected chi connectivity index (χ0v) is 14.3. The summed E-state index contributed by atoms with van der Waals surface area (Å²) in [6.45, 7) is 3.56. The number of benzene rings is 1. The summed E-state index contributed by atoms with van der Waals surface area (Å²) < 4.78 is 1.79. The van der Waals surface area contributed by atoms with Crippen LogP contribution in [0.3, 0.4) is 0 Å². The van der Waals surface area contributed by atoms with E-state index in [9.17, 15) is 9.59 Å². The van der Waals surface area contributed by atoms with E-state index in [-0.39, 0.29) is 17.9 Å². The van der Waals surface area contributed by atoms with Crippen LogP contribution in [0, 0.1) is 12.8 Å². The average Bonchev–Trinajstić information content (AvgIpc) is 2.94. The Hall–Kier alpha value is -2.83. The largest absolute Gasteiger partial charge is 0.369 e. The average molecular weight is 341 g/mol. The van der Waals surface area contributed by atoms with E-state index in [4.69, 9.17) is 5.73 Å². The van der Waals surface area contributed by atoms with Crippen molar-refractivity contribution in [2.75, 3.05) is 18.4 Å². The monoisotopic (exact) mass is 341 g/mol. The highest BCUT2D eigenvalue weighted by molar-refractivity contribution is 5.88. The number of nitrogens with zero attached hydrogens (tertiary/aromatic N) is 3. The molecule has 2 heterocycles. The lowest BCUT2D eigenvalue weighted by molar-refractivity contribution is -0.122. The van der Waals surface area contributed by atoms with Gasteiger partial charge in [0, 0.05) is 25.1 Å². The fraction of sp³-hybridized carbons (Fsp3) is 0.389. The van der Waals surface area contributed by atoms with Crippen LogP contribution in [0.4, 0.5) is 10.6 Å². The van der Waals surface area contributed by atoms with E-state index in [1.807, 2.05) is 43.3 Å². The second-order valence-corrected chi connectivity index (χ2v) is 6.41. The SMILES string of the molecule is Cc1cc(NC(=O)N2CCC(C(N)=O)CC2)n(Cc2ccccc2)n1. The van der Waals surface area contributed by atoms with E-state index >= 15 is 0 Å². The fourth-order valence-electron chi connectivity index (χ4n) is 3.08. The van der Waals surface area contributed by atoms with Crippen molar-refractivity contribution >= 4 is 17.8 Å². The summed E-state index contributed by atoms with van der Waals surface area (Å²) in [5.41, 5.74) is 7.30. The zero-order chi connectivity index (χ0) is 17.8. The number of amides is 3. The Morgan fingerprint density at radius 1 is 1.24 bits per heavy atom. The summed E-state index contributed by atoms with van der Waals surface area (Å²) in [6, 6.07) is 11.7. The first kappa shape index (κ1) is 17.0. The number of anilines is 1. The smallest absolute Gasteiger partial charge is 0.323 e. The van der Waals surface area contributed by atoms with Crippen LogP contribution in [0.25, 0.3) is 0 Å². The Balaban J connectivity index is 1.65. The molecule has 1 aliphatic rings. The van der Waals surface area contributed by atoms with Crippen molar-refractivity contribution in [1.29, 1.82) is 0 Å². The van der Waals surface area contributed by atoms with Gasteiger partial charge in [-0.15, -0.1) is 0 Å². The second-order valence-electron chi connectivity index (χ2n) is 6.41. The molecule has 1 aliphatic heterocycles. The molecule has 132 valence electrons. The number of urea groups is 1. The van der Waals surface area contributed by atoms with Gasteiger partial charge in [-0.3, -0.25) is 10.1 Å². The van der Waals surface area contributed by atoms with Gasteiger partial charge in [-0.25, -0.2) is 9.48 Å². The van der Waals surface area contributed by atoms with Crippen molar-refractivity contribution in [3.8, 4) is 0 Å². The summed E-state index contributed by atoms with van der Waals surface area (Å²) in [7, 11) is 0. The van der Waals surface area contributed by atoms with Crippen molar-refractivity contribution in [3.63, 3.8) is 0 Å². The molecule has 25 heavy (non-hydrogen) atoms. The maximum atomic E-state index is 12.5. The highest BCUT2D eigenvalue weighted by Gasteiger charge is 2.26. The number of nitrogens with two attached hydrogens (primary N) is 1. The van der Waals surface area contributed by atoms with E-state index in [1.54, 1.807) is 9.58 Å². The number of carbonyl (C=O) groups is 2. The van der Waals surface area contributed by atoms with Crippen molar-refractivity contribution in [3.05, 3.63) is 47.7 Å². The maximum Gasteiger partial charge on any atom is 0.323 e. The number of aryl methyl sites for hydroxylation is 1. The summed E-state index contributed by atoms with van der Waals surface area (Å²) in [5, 5.41) is 7.40. The molecule has 0 atom stereocenters. The third-order valence-electron chi connectivity index (χ3n) is 4.50. The third kappa shape index (κ3) is 4.17. The minimum absolute atomic E-state index is 0.130. The normalized spacial score (nSPS) is 15.2. The summed E-state index contributed by atoms with van der Waals surface area (Å²) in [6.07, 6.45) is 1.23. The molecule has 0 radical (unpaired) electrons. The predicted molar refractivity (Wildman–Crippen MR) is 95.0 cm³/mol. The Labute approximate surface area is 146 Å². The molecule has 3 N–H and O–H groups in total. The molecule has 1 saturated heterocycles. The zero-order valence-electron chi connectivity index (χ0n) is 14.3. The third-order valence-corrected chi connectivity index (χ3v) is 4.50. The number of rotatable bonds is 4. The molecule has 0 bridgehead atoms. The number of piperidine rings is 1. The number of carbonyl (C=O) groups excluding carboxylic acids is 2. The van der Waals surface area contributed by atoms with Crippen LogP contribution in [0.5, 0.6) is 0 Å². The number of primary amides is 1. The van der Waals surface area contributed by atoms with Crippen LogP contribution in [0.2, 0.25) is 0 Å². The Morgan fingerprint density at radius 2 is 1.92 bits per heavy atom. The Morgan fingerprint density at radius 3 is 2.56 bits per heavy atom. The van der Waals surface area contributed by atoms with Gasteiger partial charge < -0.3 is 10.6 Å². The van der Waals surface area contributed by atoms with Gasteiger partial charge in [-0.2, -0.15) is 5.10 Å². The molecular weight excluding hydrogens is 318 g/mol. The first-order valence-corrected chi connectivity index (χ1v) is 8.46. The standard InChI is InChI=1S/C18H23N5O2/c1-13-11-16(23(21-13)12-14-5-3-2-4-6-14)20-18(25)22-9-7-15(8-10-22)17(19)24/h2-6,11,15H,7-10,12H2,1H3,(H2,19,24)(H,20,25). The number of likely N-dealkylation sites (tertiary alicyclic amines) is 1. The Kier molecular flexibility index (Phi) is 5.02. The minimum Gasteiger partial charge on any atom is -0.369 e. The molecule has 1 aromatic carbocycles. The molecule has 3 rings (SSSR count). The van der Waals surface area contributed by atoms with Gasteiger partial charge in [0.05, 0.1) is 12.2 Å². The molecule has 1 fully saturated rings. The number of hydrogen-bond donors (Lipinski definition) is 2. The highest BCUT2D eigenvalue weighted by atomic mass is 16.2. The number of nitrogens with one attached hydrogen (secondary N) is 1. The second kappa shape index (κ2) is 7.38. The molecule has 2 aromatic rings. The summed E-state index contributed by atoms with van der Waals surface area (Å²) in [4.78, 5) is 25.5. The van der Waals surface area contributed by atoms with Crippen LogP contribution >= 0.6 is 0 Å². The van der Waals surface area contributed by atoms with Crippen molar-refractivity contribution in [1.82, 2.24) is 14.7 Å². The van der Waals surface area contributed by atoms with Gasteiger partial charge in [0.25, 0.3) is 0 Å². The van der Waals surface area contributed by atoms with Crippen LogP contribution in [0.15, 0.2) is 36.4 Å². The van der Waals surface area contributed by atoms with Gasteiger partial charge in [0.15, 0.2) is 0 Å². The van der Waals surface area contributed by atoms with Crippen LogP contribution < -0.4 is 11.1 Å². The topological polar surface area (TPSA) is 93.3 Å². The van der Waals surface area contributed by atoms with Crippen LogP contribution in [-0.2, 0) is 11.3 Å². The fourth-order valence-corrected chi connectivity index (χ4v) is 3.08. The summed E-state index contributed by atoms with van der Waals surface area (Å²) in [5.74, 6) is 0.259. The number of aromatic nitrogens is 2. The molecular formula is C18H23N5O2. The van der Waals surface area contributed by atoms with Crippen molar-refractivity contribution in [2.45, 2.75) is 26.3 Å². The molecule has 7 heteroatoms. The van der Waals surface area contributed by atoms with E-state index in [0.717, 1.165) is 11.3 Å². The predicted octanol–water partition coefficient (Wildman–Crippen LogP) is 1.97. The van der Waals surface area contributed by atoms with Gasteiger partial charge in [0.2, 0.25) is 5.91 Å². The van der Waals surface area contributed by atoms with Gasteiger partial charge in [-0.05, 0) is 25.3 Å². The maximum absolute atomic E-state index is 12.5. The molecule has 3 amide bonds. The van der Waals surface area contributed by atoms with E-state index in [1.165, 1.54) is 0 Å². The van der Waals surface area contributed by atoms with E-state index < -0.39 is 0 Å². The summed E-state index contributed by atoms with van der Waals surface area (Å²) >= 11 is 0. The van der Waals surface area contributed by atoms with Gasteiger partial charge >= 0.3 is 6.03 Å². The van der Waals surface area contributed by atoms with Crippen molar-refractivity contribution in [2.24, 2.45) is 11.7 Å². The first-order valence-electron chi connectivity index (χ1n) is 8.46. The minimum atomic E-state index is -0.281. The first-order chi connectivity index (χ1) is 12.0. The molecule has 0 aliphatic carbocycles. The lowest BCUT2D eigenvalue weighted by Gasteiger charge is -2.30. The van der Waals surface area contributed by atoms with E-state index in [2.05, 4.69) is 10.4 Å². The van der Waals surface area contributed by atoms with Crippen LogP contribution in [-0.4, -0.2) is 39.7 Å².